The van der Waals surface area contributed by atoms with Crippen LogP contribution < -0.4 is 0 Å². The molecule has 0 radical (unpaired) electrons. The standard InChI is InChI=1S/C24H29FO5S/c1-4-19(27)30-23(20(28)31-13-25)10-8-16-17-6-5-14-11-15(26)7-9-21(14,2)24(17)18(29-24)12-22(16,23)3/h7,9,11,16-18H,4-6,8,10,12-13H2,1-3H3/t16?,17?,18-,21-,22-,23-,24?/m0/s1. The summed E-state index contributed by atoms with van der Waals surface area (Å²) in [6.07, 6.45) is 8.98. The molecule has 0 aromatic rings. The first kappa shape index (κ1) is 21.4. The third kappa shape index (κ3) is 2.51. The molecular weight excluding hydrogens is 419 g/mol. The van der Waals surface area contributed by atoms with Gasteiger partial charge in [-0.1, -0.05) is 25.5 Å². The number of esters is 1. The van der Waals surface area contributed by atoms with Crippen LogP contribution in [0.3, 0.4) is 0 Å². The highest BCUT2D eigenvalue weighted by Gasteiger charge is 2.82. The van der Waals surface area contributed by atoms with Gasteiger partial charge < -0.3 is 9.47 Å². The van der Waals surface area contributed by atoms with E-state index in [2.05, 4.69) is 6.92 Å². The molecule has 4 fully saturated rings. The van der Waals surface area contributed by atoms with Gasteiger partial charge in [-0.25, -0.2) is 4.39 Å². The van der Waals surface area contributed by atoms with Gasteiger partial charge in [-0.05, 0) is 74.8 Å². The molecule has 0 amide bonds. The van der Waals surface area contributed by atoms with Crippen LogP contribution in [0.5, 0.6) is 0 Å². The van der Waals surface area contributed by atoms with Gasteiger partial charge in [0.05, 0.1) is 6.10 Å². The van der Waals surface area contributed by atoms with Crippen molar-refractivity contribution in [3.8, 4) is 0 Å². The molecule has 3 unspecified atom stereocenters. The van der Waals surface area contributed by atoms with Gasteiger partial charge >= 0.3 is 5.97 Å². The Hall–Kier alpha value is -1.47. The zero-order valence-electron chi connectivity index (χ0n) is 18.2. The molecule has 0 N–H and O–H groups in total. The van der Waals surface area contributed by atoms with Crippen molar-refractivity contribution in [2.24, 2.45) is 22.7 Å². The van der Waals surface area contributed by atoms with Crippen LogP contribution in [0.25, 0.3) is 0 Å². The first-order chi connectivity index (χ1) is 14.7. The topological polar surface area (TPSA) is 73.0 Å². The molecule has 3 saturated carbocycles. The summed E-state index contributed by atoms with van der Waals surface area (Å²) >= 11 is 0.613. The van der Waals surface area contributed by atoms with Crippen molar-refractivity contribution in [1.82, 2.24) is 0 Å². The zero-order chi connectivity index (χ0) is 22.2. The third-order valence-corrected chi connectivity index (χ3v) is 9.85. The SMILES string of the molecule is CCC(=O)O[C@]1(C(=O)SCF)CCC2C3CCC4=CC(=O)C=C[C@]4(C)C34O[C@H]4C[C@@]21C. The highest BCUT2D eigenvalue weighted by atomic mass is 32.2. The zero-order valence-corrected chi connectivity index (χ0v) is 19.1. The Labute approximate surface area is 186 Å². The molecule has 5 nitrogen and oxygen atoms in total. The molecule has 7 atom stereocenters. The van der Waals surface area contributed by atoms with Crippen molar-refractivity contribution >= 4 is 28.6 Å². The number of ketones is 1. The maximum absolute atomic E-state index is 13.2. The van der Waals surface area contributed by atoms with Crippen LogP contribution in [-0.4, -0.2) is 40.2 Å². The van der Waals surface area contributed by atoms with Gasteiger partial charge in [0.2, 0.25) is 5.12 Å². The number of alkyl halides is 1. The molecule has 1 aliphatic heterocycles. The fourth-order valence-corrected chi connectivity index (χ4v) is 8.32. The van der Waals surface area contributed by atoms with Crippen molar-refractivity contribution in [3.05, 3.63) is 23.8 Å². The number of carbonyl (C=O) groups is 3. The summed E-state index contributed by atoms with van der Waals surface area (Å²) in [6.45, 7) is 5.92. The van der Waals surface area contributed by atoms with Crippen molar-refractivity contribution in [1.29, 1.82) is 0 Å². The largest absolute Gasteiger partial charge is 0.449 e. The van der Waals surface area contributed by atoms with Crippen LogP contribution in [0.4, 0.5) is 4.39 Å². The molecule has 7 heteroatoms. The van der Waals surface area contributed by atoms with Crippen LogP contribution >= 0.6 is 11.8 Å². The van der Waals surface area contributed by atoms with Gasteiger partial charge in [0.15, 0.2) is 11.4 Å². The second-order valence-electron chi connectivity index (χ2n) is 10.1. The minimum Gasteiger partial charge on any atom is -0.449 e. The van der Waals surface area contributed by atoms with E-state index in [-0.39, 0.29) is 46.3 Å². The fourth-order valence-electron chi connectivity index (χ4n) is 7.61. The Kier molecular flexibility index (Phi) is 4.67. The van der Waals surface area contributed by atoms with E-state index in [0.717, 1.165) is 24.8 Å². The predicted molar refractivity (Wildman–Crippen MR) is 114 cm³/mol. The summed E-state index contributed by atoms with van der Waals surface area (Å²) in [6, 6.07) is -0.830. The van der Waals surface area contributed by atoms with E-state index in [9.17, 15) is 18.8 Å². The number of allylic oxidation sites excluding steroid dienone is 2. The Morgan fingerprint density at radius 3 is 2.77 bits per heavy atom. The van der Waals surface area contributed by atoms with E-state index in [1.807, 2.05) is 13.0 Å². The van der Waals surface area contributed by atoms with Crippen molar-refractivity contribution in [2.75, 3.05) is 6.01 Å². The molecule has 4 aliphatic carbocycles. The molecular formula is C24H29FO5S. The number of ether oxygens (including phenoxy) is 2. The average Bonchev–Trinajstić information content (AvgIpc) is 3.38. The molecule has 1 saturated heterocycles. The second-order valence-corrected chi connectivity index (χ2v) is 11.0. The Balaban J connectivity index is 1.56. The minimum absolute atomic E-state index is 0.0281. The van der Waals surface area contributed by atoms with Gasteiger partial charge in [0.1, 0.15) is 11.6 Å². The van der Waals surface area contributed by atoms with E-state index in [1.54, 1.807) is 19.1 Å². The van der Waals surface area contributed by atoms with Gasteiger partial charge in [-0.15, -0.1) is 0 Å². The number of hydrogen-bond donors (Lipinski definition) is 0. The van der Waals surface area contributed by atoms with Gasteiger partial charge in [-0.3, -0.25) is 14.4 Å². The van der Waals surface area contributed by atoms with Gasteiger partial charge in [0.25, 0.3) is 0 Å². The molecule has 0 aromatic carbocycles. The monoisotopic (exact) mass is 448 g/mol. The Morgan fingerprint density at radius 1 is 1.29 bits per heavy atom. The number of rotatable bonds is 4. The van der Waals surface area contributed by atoms with Crippen molar-refractivity contribution < 1.29 is 28.2 Å². The molecule has 0 aromatic heterocycles. The number of carbonyl (C=O) groups excluding carboxylic acids is 3. The molecule has 5 rings (SSSR count). The van der Waals surface area contributed by atoms with Crippen LogP contribution in [-0.2, 0) is 23.9 Å². The summed E-state index contributed by atoms with van der Waals surface area (Å²) in [7, 11) is 0. The molecule has 1 spiro atoms. The smallest absolute Gasteiger partial charge is 0.306 e. The molecule has 5 aliphatic rings. The van der Waals surface area contributed by atoms with E-state index < -0.39 is 23.0 Å². The summed E-state index contributed by atoms with van der Waals surface area (Å²) in [5.74, 6) is -0.0655. The van der Waals surface area contributed by atoms with Gasteiger partial charge in [0, 0.05) is 17.3 Å². The Bertz CT molecular complexity index is 929. The summed E-state index contributed by atoms with van der Waals surface area (Å²) < 4.78 is 25.6. The maximum atomic E-state index is 13.2. The lowest BCUT2D eigenvalue weighted by atomic mass is 9.47. The number of fused-ring (bicyclic) bond motifs is 3. The maximum Gasteiger partial charge on any atom is 0.306 e. The highest BCUT2D eigenvalue weighted by Crippen LogP contribution is 2.76. The van der Waals surface area contributed by atoms with Crippen molar-refractivity contribution in [2.45, 2.75) is 76.6 Å². The first-order valence-electron chi connectivity index (χ1n) is 11.3. The van der Waals surface area contributed by atoms with Crippen LogP contribution in [0.1, 0.15) is 59.3 Å². The van der Waals surface area contributed by atoms with Crippen LogP contribution in [0.2, 0.25) is 0 Å². The number of halogens is 1. The number of hydrogen-bond acceptors (Lipinski definition) is 6. The van der Waals surface area contributed by atoms with Crippen LogP contribution in [0.15, 0.2) is 23.8 Å². The van der Waals surface area contributed by atoms with E-state index in [0.29, 0.717) is 24.6 Å². The third-order valence-electron chi connectivity index (χ3n) is 9.15. The Morgan fingerprint density at radius 2 is 2.06 bits per heavy atom. The second kappa shape index (κ2) is 6.77. The van der Waals surface area contributed by atoms with Crippen molar-refractivity contribution in [3.63, 3.8) is 0 Å². The summed E-state index contributed by atoms with van der Waals surface area (Å²) in [4.78, 5) is 37.6. The summed E-state index contributed by atoms with van der Waals surface area (Å²) in [5, 5.41) is -0.374. The van der Waals surface area contributed by atoms with Gasteiger partial charge in [-0.2, -0.15) is 0 Å². The quantitative estimate of drug-likeness (QED) is 0.472. The van der Waals surface area contributed by atoms with E-state index >= 15 is 0 Å². The lowest BCUT2D eigenvalue weighted by Gasteiger charge is -2.55. The highest BCUT2D eigenvalue weighted by molar-refractivity contribution is 8.13. The molecule has 168 valence electrons. The lowest BCUT2D eigenvalue weighted by molar-refractivity contribution is -0.181. The lowest BCUT2D eigenvalue weighted by Crippen LogP contribution is -2.61. The first-order valence-corrected chi connectivity index (χ1v) is 12.2. The molecule has 0 bridgehead atoms. The van der Waals surface area contributed by atoms with E-state index in [1.165, 1.54) is 0 Å². The number of thioether (sulfide) groups is 1. The normalized spacial score (nSPS) is 46.9. The van der Waals surface area contributed by atoms with E-state index in [4.69, 9.17) is 9.47 Å². The summed E-state index contributed by atoms with van der Waals surface area (Å²) in [5.41, 5.74) is -1.49. The molecule has 1 heterocycles. The average molecular weight is 449 g/mol. The molecule has 31 heavy (non-hydrogen) atoms. The predicted octanol–water partition coefficient (Wildman–Crippen LogP) is 4.30. The van der Waals surface area contributed by atoms with Crippen LogP contribution in [0, 0.1) is 22.7 Å². The minimum atomic E-state index is -1.31. The fraction of sp³-hybridized carbons (Fsp3) is 0.708. The number of epoxide rings is 1.